The molecule has 2 unspecified atom stereocenters. The van der Waals surface area contributed by atoms with E-state index in [1.165, 1.54) is 22.1 Å². The molecule has 4 rings (SSSR count). The maximum absolute atomic E-state index is 13.6. The Morgan fingerprint density at radius 1 is 0.720 bits per heavy atom. The Balaban J connectivity index is 0.0000176. The van der Waals surface area contributed by atoms with Crippen molar-refractivity contribution in [2.45, 2.75) is 172 Å². The van der Waals surface area contributed by atoms with Crippen LogP contribution in [0.1, 0.15) is 142 Å². The largest absolute Gasteiger partial charge is 0.472 e. The number of aliphatic hydroxyl groups excluding tert-OH is 1. The van der Waals surface area contributed by atoms with E-state index in [4.69, 9.17) is 55.5 Å². The van der Waals surface area contributed by atoms with Crippen LogP contribution < -0.4 is 33.6 Å². The molecule has 82 heavy (non-hydrogen) atoms. The lowest BCUT2D eigenvalue weighted by Crippen LogP contribution is -2.58. The first-order chi connectivity index (χ1) is 38.8. The molecule has 2 aromatic heterocycles. The fourth-order valence-electron chi connectivity index (χ4n) is 9.12. The predicted molar refractivity (Wildman–Crippen MR) is 301 cm³/mol. The third-order valence-electron chi connectivity index (χ3n) is 13.6. The van der Waals surface area contributed by atoms with Crippen molar-refractivity contribution in [1.82, 2.24) is 35.1 Å². The molecule has 470 valence electrons. The molecular weight excluding hydrogens is 1120 g/mol. The van der Waals surface area contributed by atoms with Crippen LogP contribution in [0.5, 0.6) is 0 Å². The predicted octanol–water partition coefficient (Wildman–Crippen LogP) is 2.62. The van der Waals surface area contributed by atoms with Crippen molar-refractivity contribution < 1.29 is 85.0 Å². The highest BCUT2D eigenvalue weighted by Crippen LogP contribution is 2.50. The van der Waals surface area contributed by atoms with Gasteiger partial charge in [-0.05, 0) is 71.0 Å². The highest BCUT2D eigenvalue weighted by molar-refractivity contribution is 7.47. The van der Waals surface area contributed by atoms with Crippen molar-refractivity contribution in [3.05, 3.63) is 12.7 Å². The summed E-state index contributed by atoms with van der Waals surface area (Å²) in [5, 5.41) is 16.4. The Morgan fingerprint density at radius 3 is 1.90 bits per heavy atom. The second kappa shape index (κ2) is 38.8. The molecule has 4 heterocycles. The van der Waals surface area contributed by atoms with Gasteiger partial charge < -0.3 is 72.3 Å². The highest BCUT2D eigenvalue weighted by atomic mass is 31.2. The van der Waals surface area contributed by atoms with Gasteiger partial charge in [0.1, 0.15) is 47.4 Å². The minimum atomic E-state index is -4.91. The van der Waals surface area contributed by atoms with E-state index in [0.29, 0.717) is 89.6 Å². The molecule has 3 amide bonds. The third kappa shape index (κ3) is 26.9. The lowest BCUT2D eigenvalue weighted by Gasteiger charge is -2.34. The normalized spacial score (nSPS) is 19.6. The van der Waals surface area contributed by atoms with Gasteiger partial charge in [0.25, 0.3) is 0 Å². The summed E-state index contributed by atoms with van der Waals surface area (Å²) in [5.41, 5.74) is 22.0. The number of phosphoric acid groups is 2. The number of phosphoric ester groups is 2. The number of ketones is 2. The lowest BCUT2D eigenvalue weighted by atomic mass is 10.0. The van der Waals surface area contributed by atoms with Gasteiger partial charge >= 0.3 is 15.6 Å². The molecule has 0 aromatic carbocycles. The zero-order chi connectivity index (χ0) is 59.1. The van der Waals surface area contributed by atoms with Gasteiger partial charge in [0.05, 0.1) is 71.3 Å². The van der Waals surface area contributed by atoms with Gasteiger partial charge in [-0.15, -0.1) is 0 Å². The van der Waals surface area contributed by atoms with E-state index < -0.39 is 65.0 Å². The van der Waals surface area contributed by atoms with Crippen LogP contribution in [0.3, 0.4) is 0 Å². The Kier molecular flexibility index (Phi) is 34.2. The number of amides is 3. The minimum absolute atomic E-state index is 0. The maximum atomic E-state index is 13.6. The molecule has 7 atom stereocenters. The number of carbonyl (C=O) groups is 5. The molecule has 0 spiro atoms. The Bertz CT molecular complexity index is 2250. The summed E-state index contributed by atoms with van der Waals surface area (Å²) < 4.78 is 71.6. The molecule has 0 saturated carbocycles. The van der Waals surface area contributed by atoms with Crippen LogP contribution in [0, 0.1) is 0 Å². The number of nitrogen functional groups attached to an aromatic ring is 1. The average molecular weight is 1210 g/mol. The summed E-state index contributed by atoms with van der Waals surface area (Å²) in [6, 6.07) is -0.748. The number of aromatic nitrogens is 4. The lowest BCUT2D eigenvalue weighted by molar-refractivity contribution is -0.133. The third-order valence-corrected chi connectivity index (χ3v) is 15.5. The molecule has 2 aromatic rings. The summed E-state index contributed by atoms with van der Waals surface area (Å²) >= 11 is 0. The van der Waals surface area contributed by atoms with Crippen molar-refractivity contribution in [1.29, 1.82) is 0 Å². The SMILES string of the molecule is C.COP(=O)(O)OC[C@H]1O[C@@H](n2cnc3c(N)ncnc32)C[C@@H]1OP(=O)(O)OC[C@@H]1C[C@@H](O)CN1C(=O)CCCCCCCCC(=O)NC(COCCC(=O)CCCCN)(COCCC(=O)CCCCN)COCCC(=O)NCCCN. The van der Waals surface area contributed by atoms with Gasteiger partial charge in [-0.2, -0.15) is 0 Å². The first kappa shape index (κ1) is 72.3. The number of hydrogen-bond acceptors (Lipinski definition) is 23. The topological polar surface area (TPSA) is 429 Å². The van der Waals surface area contributed by atoms with Crippen LogP contribution in [0.25, 0.3) is 11.2 Å². The van der Waals surface area contributed by atoms with Crippen molar-refractivity contribution in [2.75, 3.05) is 98.4 Å². The summed E-state index contributed by atoms with van der Waals surface area (Å²) in [4.78, 5) is 99.0. The van der Waals surface area contributed by atoms with E-state index in [0.717, 1.165) is 32.8 Å². The van der Waals surface area contributed by atoms with Gasteiger partial charge in [0.15, 0.2) is 11.5 Å². The van der Waals surface area contributed by atoms with Crippen molar-refractivity contribution in [3.63, 3.8) is 0 Å². The van der Waals surface area contributed by atoms with Crippen molar-refractivity contribution in [2.24, 2.45) is 17.2 Å². The number of β-amino-alcohol motifs (C(OH)–C–C–N with tert-alkyl or cyclic N) is 1. The molecular formula is C51H93N11O18P2. The minimum Gasteiger partial charge on any atom is -0.391 e. The number of Topliss-reactive ketones (excluding diaryl/α,β-unsaturated/α-hetero) is 2. The number of carbonyl (C=O) groups excluding carboxylic acids is 5. The number of likely N-dealkylation sites (tertiary alicyclic amines) is 1. The average Bonchev–Trinajstić information content (AvgIpc) is 4.27. The van der Waals surface area contributed by atoms with E-state index >= 15 is 0 Å². The summed E-state index contributed by atoms with van der Waals surface area (Å²) in [7, 11) is -8.43. The summed E-state index contributed by atoms with van der Waals surface area (Å²) in [5.74, 6) is -0.609. The summed E-state index contributed by atoms with van der Waals surface area (Å²) in [6.45, 7) is 0.862. The van der Waals surface area contributed by atoms with Gasteiger partial charge in [-0.1, -0.05) is 33.1 Å². The van der Waals surface area contributed by atoms with E-state index in [2.05, 4.69) is 30.1 Å². The van der Waals surface area contributed by atoms with E-state index in [9.17, 15) is 48.0 Å². The number of hydrogen-bond donors (Lipinski definition) is 9. The maximum Gasteiger partial charge on any atom is 0.472 e. The fraction of sp³-hybridized carbons (Fsp3) is 0.804. The molecule has 31 heteroatoms. The number of nitrogens with two attached hydrogens (primary N) is 4. The molecule has 0 bridgehead atoms. The number of fused-ring (bicyclic) bond motifs is 1. The second-order valence-electron chi connectivity index (χ2n) is 20.3. The molecule has 0 aliphatic carbocycles. The molecule has 0 radical (unpaired) electrons. The van der Waals surface area contributed by atoms with Crippen molar-refractivity contribution >= 4 is 61.9 Å². The molecule has 2 saturated heterocycles. The van der Waals surface area contributed by atoms with Crippen LogP contribution >= 0.6 is 15.6 Å². The monoisotopic (exact) mass is 1210 g/mol. The van der Waals surface area contributed by atoms with E-state index in [-0.39, 0.29) is 139 Å². The molecule has 29 nitrogen and oxygen atoms in total. The number of aliphatic hydroxyl groups is 1. The number of ether oxygens (including phenoxy) is 4. The fourth-order valence-corrected chi connectivity index (χ4v) is 10.5. The van der Waals surface area contributed by atoms with Gasteiger partial charge in [0.2, 0.25) is 17.7 Å². The quantitative estimate of drug-likeness (QED) is 0.0340. The van der Waals surface area contributed by atoms with Gasteiger partial charge in [-0.3, -0.25) is 46.6 Å². The van der Waals surface area contributed by atoms with Crippen LogP contribution in [0.15, 0.2) is 12.7 Å². The number of unbranched alkanes of at least 4 members (excludes halogenated alkanes) is 7. The van der Waals surface area contributed by atoms with Crippen LogP contribution in [0.4, 0.5) is 5.82 Å². The van der Waals surface area contributed by atoms with E-state index in [1.807, 2.05) is 0 Å². The highest BCUT2D eigenvalue weighted by Gasteiger charge is 2.44. The first-order valence-electron chi connectivity index (χ1n) is 28.0. The summed E-state index contributed by atoms with van der Waals surface area (Å²) in [6.07, 6.45) is 7.34. The number of nitrogens with zero attached hydrogens (tertiary/aromatic N) is 5. The molecule has 2 aliphatic heterocycles. The Morgan fingerprint density at radius 2 is 1.29 bits per heavy atom. The molecule has 2 aliphatic rings. The van der Waals surface area contributed by atoms with Gasteiger partial charge in [0, 0.05) is 71.6 Å². The number of imidazole rings is 1. The number of nitrogens with one attached hydrogen (secondary N) is 2. The second-order valence-corrected chi connectivity index (χ2v) is 23.3. The Labute approximate surface area is 480 Å². The van der Waals surface area contributed by atoms with Gasteiger partial charge in [-0.25, -0.2) is 24.1 Å². The van der Waals surface area contributed by atoms with Crippen LogP contribution in [-0.2, 0) is 70.1 Å². The van der Waals surface area contributed by atoms with Crippen LogP contribution in [-0.4, -0.2) is 191 Å². The van der Waals surface area contributed by atoms with Crippen molar-refractivity contribution in [3.8, 4) is 0 Å². The van der Waals surface area contributed by atoms with Crippen LogP contribution in [0.2, 0.25) is 0 Å². The standard InChI is InChI=1S/C50H89N11O18P2.CH4/c1-72-80(68,69)77-31-42-41(28-46(78-42)61-36-58-47-48(54)56-35-57-49(47)61)79-81(70,71)76-30-37-27-40(64)29-60(37)45(67)16-7-5-3-2-4-6-15-44(66)59-50(32-73-24-17-38(62)13-8-10-20-51,33-74-25-18-39(63)14-9-11-21-52)34-75-26-19-43(65)55-23-12-22-53;/h35-37,40-42,46,64H,2-34,51-53H2,1H3,(H,55,65)(H,59,66)(H,68,69)(H,70,71)(H2,54,56,57);1H4/t37-,40+,41-,42+,46+;/m0./s1. The number of rotatable bonds is 46. The first-order valence-corrected chi connectivity index (χ1v) is 31.0. The Hall–Kier alpha value is -4.00. The molecule has 13 N–H and O–H groups in total. The zero-order valence-corrected chi connectivity index (χ0v) is 48.6. The number of anilines is 1. The molecule has 2 fully saturated rings. The van der Waals surface area contributed by atoms with E-state index in [1.54, 1.807) is 0 Å². The zero-order valence-electron chi connectivity index (χ0n) is 46.8. The smallest absolute Gasteiger partial charge is 0.391 e.